The third-order valence-electron chi connectivity index (χ3n) is 1.28. The summed E-state index contributed by atoms with van der Waals surface area (Å²) in [6.07, 6.45) is 1.77. The Labute approximate surface area is 74.4 Å². The van der Waals surface area contributed by atoms with Crippen molar-refractivity contribution in [1.82, 2.24) is 15.3 Å². The van der Waals surface area contributed by atoms with Crippen molar-refractivity contribution < 1.29 is 0 Å². The maximum atomic E-state index is 4.24. The predicted molar refractivity (Wildman–Crippen MR) is 47.2 cm³/mol. The van der Waals surface area contributed by atoms with Crippen LogP contribution in [0.1, 0.15) is 11.5 Å². The van der Waals surface area contributed by atoms with Gasteiger partial charge in [0.25, 0.3) is 0 Å². The zero-order valence-corrected chi connectivity index (χ0v) is 8.14. The molecule has 1 rings (SSSR count). The summed E-state index contributed by atoms with van der Waals surface area (Å²) >= 11 is 3.37. The molecule has 0 aliphatic rings. The molecule has 4 heteroatoms. The van der Waals surface area contributed by atoms with E-state index in [2.05, 4.69) is 31.2 Å². The topological polar surface area (TPSA) is 37.8 Å². The number of nitrogens with one attached hydrogen (secondary N) is 1. The molecular weight excluding hydrogens is 206 g/mol. The van der Waals surface area contributed by atoms with E-state index >= 15 is 0 Å². The molecule has 0 spiro atoms. The molecule has 1 aromatic rings. The first-order chi connectivity index (χ1) is 5.24. The van der Waals surface area contributed by atoms with Crippen LogP contribution in [0.15, 0.2) is 10.7 Å². The summed E-state index contributed by atoms with van der Waals surface area (Å²) in [6.45, 7) is 2.65. The van der Waals surface area contributed by atoms with Gasteiger partial charge >= 0.3 is 0 Å². The number of nitrogens with zero attached hydrogens (tertiary/aromatic N) is 2. The van der Waals surface area contributed by atoms with Crippen molar-refractivity contribution in [2.75, 3.05) is 7.05 Å². The van der Waals surface area contributed by atoms with Crippen molar-refractivity contribution in [3.63, 3.8) is 0 Å². The fourth-order valence-electron chi connectivity index (χ4n) is 0.794. The van der Waals surface area contributed by atoms with Crippen molar-refractivity contribution in [3.05, 3.63) is 22.2 Å². The SMILES string of the molecule is CNCc1nc(C)ncc1Br. The van der Waals surface area contributed by atoms with Gasteiger partial charge in [0.15, 0.2) is 0 Å². The molecule has 1 N–H and O–H groups in total. The largest absolute Gasteiger partial charge is 0.314 e. The van der Waals surface area contributed by atoms with E-state index in [1.807, 2.05) is 14.0 Å². The highest BCUT2D eigenvalue weighted by molar-refractivity contribution is 9.10. The van der Waals surface area contributed by atoms with Crippen LogP contribution in [0.2, 0.25) is 0 Å². The van der Waals surface area contributed by atoms with Crippen LogP contribution in [-0.2, 0) is 6.54 Å². The molecule has 0 bridgehead atoms. The Morgan fingerprint density at radius 1 is 1.64 bits per heavy atom. The summed E-state index contributed by atoms with van der Waals surface area (Å²) in [7, 11) is 1.89. The molecule has 3 nitrogen and oxygen atoms in total. The van der Waals surface area contributed by atoms with Crippen molar-refractivity contribution >= 4 is 15.9 Å². The molecule has 0 saturated heterocycles. The Morgan fingerprint density at radius 2 is 2.36 bits per heavy atom. The molecule has 0 aromatic carbocycles. The van der Waals surface area contributed by atoms with Gasteiger partial charge in [-0.15, -0.1) is 0 Å². The number of hydrogen-bond donors (Lipinski definition) is 1. The number of hydrogen-bond acceptors (Lipinski definition) is 3. The van der Waals surface area contributed by atoms with Crippen LogP contribution in [0.25, 0.3) is 0 Å². The van der Waals surface area contributed by atoms with E-state index in [4.69, 9.17) is 0 Å². The van der Waals surface area contributed by atoms with Crippen LogP contribution in [0.4, 0.5) is 0 Å². The first kappa shape index (κ1) is 8.62. The standard InChI is InChI=1S/C7H10BrN3/c1-5-10-3-6(8)7(11-5)4-9-2/h3,9H,4H2,1-2H3. The molecule has 11 heavy (non-hydrogen) atoms. The highest BCUT2D eigenvalue weighted by Crippen LogP contribution is 2.12. The minimum Gasteiger partial charge on any atom is -0.314 e. The number of rotatable bonds is 2. The molecule has 0 amide bonds. The van der Waals surface area contributed by atoms with E-state index in [0.717, 1.165) is 22.5 Å². The lowest BCUT2D eigenvalue weighted by Crippen LogP contribution is -2.08. The summed E-state index contributed by atoms with van der Waals surface area (Å²) < 4.78 is 0.956. The summed E-state index contributed by atoms with van der Waals surface area (Å²) in [6, 6.07) is 0. The Hall–Kier alpha value is -0.480. The highest BCUT2D eigenvalue weighted by atomic mass is 79.9. The monoisotopic (exact) mass is 215 g/mol. The fraction of sp³-hybridized carbons (Fsp3) is 0.429. The average Bonchev–Trinajstić information content (AvgIpc) is 1.98. The maximum absolute atomic E-state index is 4.24. The van der Waals surface area contributed by atoms with Crippen LogP contribution in [0.5, 0.6) is 0 Å². The minimum absolute atomic E-state index is 0.768. The van der Waals surface area contributed by atoms with Crippen LogP contribution in [-0.4, -0.2) is 17.0 Å². The van der Waals surface area contributed by atoms with E-state index in [9.17, 15) is 0 Å². The van der Waals surface area contributed by atoms with Gasteiger partial charge in [-0.05, 0) is 29.9 Å². The zero-order valence-electron chi connectivity index (χ0n) is 6.56. The van der Waals surface area contributed by atoms with Crippen molar-refractivity contribution in [2.45, 2.75) is 13.5 Å². The second kappa shape index (κ2) is 3.78. The molecule has 60 valence electrons. The fourth-order valence-corrected chi connectivity index (χ4v) is 1.12. The van der Waals surface area contributed by atoms with Gasteiger partial charge in [0.2, 0.25) is 0 Å². The third kappa shape index (κ3) is 2.24. The van der Waals surface area contributed by atoms with Gasteiger partial charge in [-0.3, -0.25) is 0 Å². The zero-order chi connectivity index (χ0) is 8.27. The second-order valence-electron chi connectivity index (χ2n) is 2.24. The lowest BCUT2D eigenvalue weighted by molar-refractivity contribution is 0.773. The third-order valence-corrected chi connectivity index (χ3v) is 1.94. The van der Waals surface area contributed by atoms with Gasteiger partial charge in [-0.25, -0.2) is 9.97 Å². The van der Waals surface area contributed by atoms with Gasteiger partial charge in [-0.2, -0.15) is 0 Å². The Kier molecular flexibility index (Phi) is 2.96. The van der Waals surface area contributed by atoms with E-state index in [1.54, 1.807) is 6.20 Å². The molecule has 0 radical (unpaired) electrons. The highest BCUT2D eigenvalue weighted by Gasteiger charge is 1.99. The van der Waals surface area contributed by atoms with Gasteiger partial charge in [0, 0.05) is 12.7 Å². The summed E-state index contributed by atoms with van der Waals surface area (Å²) in [5.41, 5.74) is 1.00. The molecule has 0 fully saturated rings. The molecule has 1 aromatic heterocycles. The summed E-state index contributed by atoms with van der Waals surface area (Å²) in [5, 5.41) is 3.03. The van der Waals surface area contributed by atoms with Crippen LogP contribution < -0.4 is 5.32 Å². The predicted octanol–water partition coefficient (Wildman–Crippen LogP) is 1.27. The molecule has 0 unspecified atom stereocenters. The molecular formula is C7H10BrN3. The van der Waals surface area contributed by atoms with E-state index in [0.29, 0.717) is 0 Å². The maximum Gasteiger partial charge on any atom is 0.125 e. The van der Waals surface area contributed by atoms with Crippen LogP contribution >= 0.6 is 15.9 Å². The average molecular weight is 216 g/mol. The van der Waals surface area contributed by atoms with E-state index in [-0.39, 0.29) is 0 Å². The van der Waals surface area contributed by atoms with Crippen molar-refractivity contribution in [1.29, 1.82) is 0 Å². The quantitative estimate of drug-likeness (QED) is 0.808. The number of halogens is 1. The van der Waals surface area contributed by atoms with E-state index in [1.165, 1.54) is 0 Å². The van der Waals surface area contributed by atoms with Crippen molar-refractivity contribution in [2.24, 2.45) is 0 Å². The normalized spacial score (nSPS) is 10.1. The van der Waals surface area contributed by atoms with Crippen LogP contribution in [0.3, 0.4) is 0 Å². The molecule has 0 atom stereocenters. The number of aryl methyl sites for hydroxylation is 1. The number of aromatic nitrogens is 2. The van der Waals surface area contributed by atoms with Gasteiger partial charge in [0.1, 0.15) is 5.82 Å². The Balaban J connectivity index is 2.93. The molecule has 0 aliphatic carbocycles. The molecule has 1 heterocycles. The van der Waals surface area contributed by atoms with Gasteiger partial charge < -0.3 is 5.32 Å². The van der Waals surface area contributed by atoms with Crippen LogP contribution in [0, 0.1) is 6.92 Å². The molecule has 0 aliphatic heterocycles. The summed E-state index contributed by atoms with van der Waals surface area (Å²) in [5.74, 6) is 0.804. The second-order valence-corrected chi connectivity index (χ2v) is 3.10. The smallest absolute Gasteiger partial charge is 0.125 e. The van der Waals surface area contributed by atoms with Crippen molar-refractivity contribution in [3.8, 4) is 0 Å². The first-order valence-corrected chi connectivity index (χ1v) is 4.16. The Morgan fingerprint density at radius 3 is 3.00 bits per heavy atom. The summed E-state index contributed by atoms with van der Waals surface area (Å²) in [4.78, 5) is 8.28. The Bertz CT molecular complexity index is 249. The lowest BCUT2D eigenvalue weighted by atomic mass is 10.4. The van der Waals surface area contributed by atoms with Gasteiger partial charge in [-0.1, -0.05) is 0 Å². The first-order valence-electron chi connectivity index (χ1n) is 3.36. The van der Waals surface area contributed by atoms with Gasteiger partial charge in [0.05, 0.1) is 10.2 Å². The lowest BCUT2D eigenvalue weighted by Gasteiger charge is -2.01. The molecule has 0 saturated carbocycles. The minimum atomic E-state index is 0.768. The van der Waals surface area contributed by atoms with E-state index < -0.39 is 0 Å².